The Labute approximate surface area is 158 Å². The molecule has 1 aliphatic rings. The molecule has 0 bridgehead atoms. The first-order valence-electron chi connectivity index (χ1n) is 8.90. The quantitative estimate of drug-likeness (QED) is 0.584. The van der Waals surface area contributed by atoms with Gasteiger partial charge in [-0.05, 0) is 43.7 Å². The van der Waals surface area contributed by atoms with Crippen LogP contribution in [0.15, 0.2) is 60.7 Å². The molecule has 0 saturated carbocycles. The normalized spacial score (nSPS) is 12.9. The summed E-state index contributed by atoms with van der Waals surface area (Å²) in [5, 5.41) is 0. The number of fused-ring (bicyclic) bond motifs is 1. The van der Waals surface area contributed by atoms with Gasteiger partial charge < -0.3 is 4.90 Å². The predicted octanol–water partition coefficient (Wildman–Crippen LogP) is 3.52. The van der Waals surface area contributed by atoms with Crippen molar-refractivity contribution in [3.8, 4) is 0 Å². The number of nitrogens with zero attached hydrogens (tertiary/aromatic N) is 2. The van der Waals surface area contributed by atoms with E-state index in [-0.39, 0.29) is 24.3 Å². The molecule has 138 valence electrons. The van der Waals surface area contributed by atoms with Gasteiger partial charge in [-0.25, -0.2) is 0 Å². The minimum Gasteiger partial charge on any atom is -0.335 e. The number of hydrogen-bond donors (Lipinski definition) is 0. The van der Waals surface area contributed by atoms with E-state index in [0.29, 0.717) is 29.8 Å². The van der Waals surface area contributed by atoms with Crippen LogP contribution in [0.1, 0.15) is 50.5 Å². The topological polar surface area (TPSA) is 57.7 Å². The van der Waals surface area contributed by atoms with E-state index < -0.39 is 0 Å². The Bertz CT molecular complexity index is 880. The lowest BCUT2D eigenvalue weighted by Crippen LogP contribution is -2.32. The number of carbonyl (C=O) groups excluding carboxylic acids is 3. The van der Waals surface area contributed by atoms with E-state index in [1.165, 1.54) is 4.90 Å². The van der Waals surface area contributed by atoms with Crippen LogP contribution in [0.25, 0.3) is 0 Å². The van der Waals surface area contributed by atoms with Gasteiger partial charge in [-0.3, -0.25) is 19.3 Å². The van der Waals surface area contributed by atoms with Crippen molar-refractivity contribution >= 4 is 17.7 Å². The van der Waals surface area contributed by atoms with Crippen molar-refractivity contribution in [3.05, 3.63) is 82.9 Å². The number of likely N-dealkylation sites (N-methyl/N-ethyl adjacent to an activating group) is 1. The molecule has 0 saturated heterocycles. The molecule has 3 rings (SSSR count). The number of hydrogen-bond acceptors (Lipinski definition) is 3. The smallest absolute Gasteiger partial charge is 0.261 e. The van der Waals surface area contributed by atoms with Crippen LogP contribution >= 0.6 is 0 Å². The lowest BCUT2D eigenvalue weighted by atomic mass is 10.1. The average molecular weight is 362 g/mol. The molecular formula is C22H22N2O3. The first-order chi connectivity index (χ1) is 12.9. The molecule has 5 heteroatoms. The monoisotopic (exact) mass is 362 g/mol. The van der Waals surface area contributed by atoms with E-state index in [0.717, 1.165) is 11.1 Å². The number of amides is 3. The van der Waals surface area contributed by atoms with Crippen LogP contribution in [0.2, 0.25) is 0 Å². The minimum atomic E-state index is -0.283. The highest BCUT2D eigenvalue weighted by molar-refractivity contribution is 6.21. The van der Waals surface area contributed by atoms with Crippen LogP contribution < -0.4 is 0 Å². The van der Waals surface area contributed by atoms with E-state index >= 15 is 0 Å². The van der Waals surface area contributed by atoms with Gasteiger partial charge in [0.2, 0.25) is 0 Å². The van der Waals surface area contributed by atoms with Gasteiger partial charge in [0.15, 0.2) is 0 Å². The summed E-state index contributed by atoms with van der Waals surface area (Å²) in [6.07, 6.45) is 0. The summed E-state index contributed by atoms with van der Waals surface area (Å²) in [7, 11) is 0. The highest BCUT2D eigenvalue weighted by Gasteiger charge is 2.34. The number of carbonyl (C=O) groups is 3. The van der Waals surface area contributed by atoms with E-state index in [9.17, 15) is 14.4 Å². The van der Waals surface area contributed by atoms with Gasteiger partial charge >= 0.3 is 0 Å². The SMILES string of the molecule is C=C(C)CN(CC)C(=O)c1ccc(CN2C(=O)c3ccccc3C2=O)cc1. The van der Waals surface area contributed by atoms with E-state index in [1.807, 2.05) is 13.8 Å². The average Bonchev–Trinajstić information content (AvgIpc) is 2.91. The van der Waals surface area contributed by atoms with Crippen LogP contribution in [0.4, 0.5) is 0 Å². The van der Waals surface area contributed by atoms with Crippen LogP contribution in [-0.4, -0.2) is 40.6 Å². The summed E-state index contributed by atoms with van der Waals surface area (Å²) in [5.41, 5.74) is 3.17. The molecule has 0 aliphatic carbocycles. The van der Waals surface area contributed by atoms with Crippen LogP contribution in [-0.2, 0) is 6.54 Å². The molecule has 2 aromatic carbocycles. The molecule has 5 nitrogen and oxygen atoms in total. The van der Waals surface area contributed by atoms with Crippen LogP contribution in [0.5, 0.6) is 0 Å². The first kappa shape index (κ1) is 18.6. The third-order valence-corrected chi connectivity index (χ3v) is 4.55. The molecule has 0 atom stereocenters. The predicted molar refractivity (Wildman–Crippen MR) is 103 cm³/mol. The van der Waals surface area contributed by atoms with Crippen molar-refractivity contribution < 1.29 is 14.4 Å². The Morgan fingerprint density at radius 1 is 1.00 bits per heavy atom. The molecule has 0 fully saturated rings. The minimum absolute atomic E-state index is 0.0622. The van der Waals surface area contributed by atoms with E-state index in [1.54, 1.807) is 53.4 Å². The standard InChI is InChI=1S/C22H22N2O3/c1-4-23(13-15(2)3)20(25)17-11-9-16(10-12-17)14-24-21(26)18-7-5-6-8-19(18)22(24)27/h5-12H,2,4,13-14H2,1,3H3. The van der Waals surface area contributed by atoms with Gasteiger partial charge in [-0.1, -0.05) is 36.4 Å². The maximum atomic E-state index is 12.6. The molecule has 0 aromatic heterocycles. The number of benzene rings is 2. The Balaban J connectivity index is 1.73. The van der Waals surface area contributed by atoms with Gasteiger partial charge in [-0.2, -0.15) is 0 Å². The van der Waals surface area contributed by atoms with Gasteiger partial charge in [0.25, 0.3) is 17.7 Å². The summed E-state index contributed by atoms with van der Waals surface area (Å²) in [4.78, 5) is 40.5. The highest BCUT2D eigenvalue weighted by Crippen LogP contribution is 2.24. The molecule has 0 spiro atoms. The molecule has 0 N–H and O–H groups in total. The Morgan fingerprint density at radius 3 is 2.04 bits per heavy atom. The van der Waals surface area contributed by atoms with Crippen molar-refractivity contribution in [1.82, 2.24) is 9.80 Å². The highest BCUT2D eigenvalue weighted by atomic mass is 16.2. The maximum absolute atomic E-state index is 12.6. The van der Waals surface area contributed by atoms with Crippen LogP contribution in [0, 0.1) is 0 Å². The van der Waals surface area contributed by atoms with E-state index in [4.69, 9.17) is 0 Å². The Morgan fingerprint density at radius 2 is 1.56 bits per heavy atom. The molecule has 1 heterocycles. The van der Waals surface area contributed by atoms with E-state index in [2.05, 4.69) is 6.58 Å². The first-order valence-corrected chi connectivity index (χ1v) is 8.90. The molecule has 0 unspecified atom stereocenters. The molecule has 0 radical (unpaired) electrons. The molecule has 27 heavy (non-hydrogen) atoms. The van der Waals surface area contributed by atoms with Gasteiger partial charge in [-0.15, -0.1) is 0 Å². The lowest BCUT2D eigenvalue weighted by Gasteiger charge is -2.21. The van der Waals surface area contributed by atoms with Crippen molar-refractivity contribution in [1.29, 1.82) is 0 Å². The third-order valence-electron chi connectivity index (χ3n) is 4.55. The van der Waals surface area contributed by atoms with Gasteiger partial charge in [0.05, 0.1) is 17.7 Å². The number of imide groups is 1. The molecule has 2 aromatic rings. The lowest BCUT2D eigenvalue weighted by molar-refractivity contribution is 0.0641. The summed E-state index contributed by atoms with van der Waals surface area (Å²) < 4.78 is 0. The summed E-state index contributed by atoms with van der Waals surface area (Å²) in [6, 6.07) is 13.9. The van der Waals surface area contributed by atoms with Gasteiger partial charge in [0.1, 0.15) is 0 Å². The fraction of sp³-hybridized carbons (Fsp3) is 0.227. The second-order valence-corrected chi connectivity index (χ2v) is 6.72. The Kier molecular flexibility index (Phi) is 5.21. The summed E-state index contributed by atoms with van der Waals surface area (Å²) >= 11 is 0. The zero-order valence-electron chi connectivity index (χ0n) is 15.6. The second kappa shape index (κ2) is 7.58. The molecular weight excluding hydrogens is 340 g/mol. The van der Waals surface area contributed by atoms with Crippen molar-refractivity contribution in [2.75, 3.05) is 13.1 Å². The zero-order chi connectivity index (χ0) is 19.6. The fourth-order valence-corrected chi connectivity index (χ4v) is 3.15. The van der Waals surface area contributed by atoms with Crippen molar-refractivity contribution in [3.63, 3.8) is 0 Å². The summed E-state index contributed by atoms with van der Waals surface area (Å²) in [6.45, 7) is 8.98. The second-order valence-electron chi connectivity index (χ2n) is 6.72. The summed E-state index contributed by atoms with van der Waals surface area (Å²) in [5.74, 6) is -0.628. The Hall–Kier alpha value is -3.21. The zero-order valence-corrected chi connectivity index (χ0v) is 15.6. The van der Waals surface area contributed by atoms with Crippen molar-refractivity contribution in [2.24, 2.45) is 0 Å². The molecule has 1 aliphatic heterocycles. The fourth-order valence-electron chi connectivity index (χ4n) is 3.15. The third kappa shape index (κ3) is 3.67. The number of rotatable bonds is 6. The largest absolute Gasteiger partial charge is 0.335 e. The van der Waals surface area contributed by atoms with Gasteiger partial charge in [0, 0.05) is 18.7 Å². The molecule has 3 amide bonds. The van der Waals surface area contributed by atoms with Crippen molar-refractivity contribution in [2.45, 2.75) is 20.4 Å². The maximum Gasteiger partial charge on any atom is 0.261 e. The van der Waals surface area contributed by atoms with Crippen LogP contribution in [0.3, 0.4) is 0 Å².